The average Bonchev–Trinajstić information content (AvgIpc) is 3.10. The molecule has 1 N–H and O–H groups in total. The number of aromatic nitrogens is 4. The van der Waals surface area contributed by atoms with Gasteiger partial charge in [-0.1, -0.05) is 11.3 Å². The Labute approximate surface area is 158 Å². The van der Waals surface area contributed by atoms with Crippen LogP contribution in [0.5, 0.6) is 0 Å². The van der Waals surface area contributed by atoms with Gasteiger partial charge in [-0.3, -0.25) is 4.98 Å². The number of rotatable bonds is 4. The largest absolute Gasteiger partial charge is 0.388 e. The summed E-state index contributed by atoms with van der Waals surface area (Å²) in [4.78, 5) is 6.77. The van der Waals surface area contributed by atoms with Crippen molar-refractivity contribution in [2.75, 3.05) is 43.6 Å². The fraction of sp³-hybridized carbons (Fsp3) is 0.350. The van der Waals surface area contributed by atoms with Crippen LogP contribution in [0.2, 0.25) is 0 Å². The lowest BCUT2D eigenvalue weighted by Gasteiger charge is -2.55. The predicted molar refractivity (Wildman–Crippen MR) is 104 cm³/mol. The van der Waals surface area contributed by atoms with E-state index in [1.54, 1.807) is 0 Å². The maximum Gasteiger partial charge on any atom is 0.115 e. The van der Waals surface area contributed by atoms with Gasteiger partial charge in [0.25, 0.3) is 0 Å². The molecule has 2 aromatic heterocycles. The molecular weight excluding hydrogens is 340 g/mol. The molecule has 1 aromatic carbocycles. The standard InChI is InChI=1S/C20H22N6O/c1-14-3-4-16(21-2)6-19(14)26-9-18(23-24-26)15-5-17(8-22-7-15)25-10-20(11-25)12-27-13-20/h3-9,21H,10-13H2,1-2H3. The second kappa shape index (κ2) is 6.06. The molecule has 0 radical (unpaired) electrons. The first kappa shape index (κ1) is 16.3. The van der Waals surface area contributed by atoms with E-state index in [-0.39, 0.29) is 0 Å². The van der Waals surface area contributed by atoms with Crippen LogP contribution in [0, 0.1) is 12.3 Å². The van der Waals surface area contributed by atoms with Crippen LogP contribution in [0.1, 0.15) is 5.56 Å². The van der Waals surface area contributed by atoms with Gasteiger partial charge >= 0.3 is 0 Å². The fourth-order valence-electron chi connectivity index (χ4n) is 3.79. The number of benzene rings is 1. The van der Waals surface area contributed by atoms with Gasteiger partial charge in [-0.15, -0.1) is 5.10 Å². The van der Waals surface area contributed by atoms with E-state index < -0.39 is 0 Å². The molecule has 4 heterocycles. The van der Waals surface area contributed by atoms with E-state index in [1.165, 1.54) is 0 Å². The van der Waals surface area contributed by atoms with Gasteiger partial charge in [-0.2, -0.15) is 0 Å². The van der Waals surface area contributed by atoms with Gasteiger partial charge in [0.15, 0.2) is 0 Å². The van der Waals surface area contributed by atoms with Crippen molar-refractivity contribution in [3.05, 3.63) is 48.4 Å². The summed E-state index contributed by atoms with van der Waals surface area (Å²) in [6, 6.07) is 8.35. The summed E-state index contributed by atoms with van der Waals surface area (Å²) in [6.45, 7) is 5.93. The third kappa shape index (κ3) is 2.75. The third-order valence-corrected chi connectivity index (χ3v) is 5.49. The third-order valence-electron chi connectivity index (χ3n) is 5.49. The van der Waals surface area contributed by atoms with Crippen molar-refractivity contribution in [2.45, 2.75) is 6.92 Å². The number of pyridine rings is 1. The van der Waals surface area contributed by atoms with Gasteiger partial charge in [0.05, 0.1) is 42.4 Å². The second-order valence-corrected chi connectivity index (χ2v) is 7.58. The van der Waals surface area contributed by atoms with Crippen LogP contribution in [0.3, 0.4) is 0 Å². The Morgan fingerprint density at radius 3 is 2.74 bits per heavy atom. The van der Waals surface area contributed by atoms with Crippen molar-refractivity contribution in [1.29, 1.82) is 0 Å². The lowest BCUT2D eigenvalue weighted by atomic mass is 9.78. The van der Waals surface area contributed by atoms with E-state index in [2.05, 4.69) is 56.7 Å². The van der Waals surface area contributed by atoms with Gasteiger partial charge in [-0.05, 0) is 30.7 Å². The highest BCUT2D eigenvalue weighted by atomic mass is 16.5. The predicted octanol–water partition coefficient (Wildman–Crippen LogP) is 2.52. The van der Waals surface area contributed by atoms with Crippen molar-refractivity contribution >= 4 is 11.4 Å². The zero-order chi connectivity index (χ0) is 18.4. The number of ether oxygens (including phenoxy) is 1. The number of nitrogens with zero attached hydrogens (tertiary/aromatic N) is 5. The first-order chi connectivity index (χ1) is 13.2. The van der Waals surface area contributed by atoms with Crippen molar-refractivity contribution in [2.24, 2.45) is 5.41 Å². The zero-order valence-corrected chi connectivity index (χ0v) is 15.5. The first-order valence-electron chi connectivity index (χ1n) is 9.15. The van der Waals surface area contributed by atoms with E-state index in [0.29, 0.717) is 5.41 Å². The van der Waals surface area contributed by atoms with Crippen LogP contribution in [0.25, 0.3) is 16.9 Å². The molecule has 7 nitrogen and oxygen atoms in total. The molecule has 2 saturated heterocycles. The second-order valence-electron chi connectivity index (χ2n) is 7.58. The minimum absolute atomic E-state index is 0.384. The summed E-state index contributed by atoms with van der Waals surface area (Å²) in [5.74, 6) is 0. The molecular formula is C20H22N6O. The van der Waals surface area contributed by atoms with Crippen molar-refractivity contribution in [3.8, 4) is 16.9 Å². The molecule has 0 amide bonds. The molecule has 3 aromatic rings. The van der Waals surface area contributed by atoms with Crippen molar-refractivity contribution in [1.82, 2.24) is 20.0 Å². The highest BCUT2D eigenvalue weighted by Crippen LogP contribution is 2.40. The van der Waals surface area contributed by atoms with Crippen LogP contribution in [-0.4, -0.2) is 53.3 Å². The van der Waals surface area contributed by atoms with Gasteiger partial charge in [0.2, 0.25) is 0 Å². The molecule has 2 fully saturated rings. The Bertz CT molecular complexity index is 986. The Morgan fingerprint density at radius 1 is 1.15 bits per heavy atom. The zero-order valence-electron chi connectivity index (χ0n) is 15.5. The smallest absolute Gasteiger partial charge is 0.115 e. The Morgan fingerprint density at radius 2 is 2.00 bits per heavy atom. The lowest BCUT2D eigenvalue weighted by molar-refractivity contribution is -0.127. The van der Waals surface area contributed by atoms with Gasteiger partial charge in [0, 0.05) is 37.6 Å². The van der Waals surface area contributed by atoms with Crippen molar-refractivity contribution < 1.29 is 4.74 Å². The number of aryl methyl sites for hydroxylation is 1. The summed E-state index contributed by atoms with van der Waals surface area (Å²) in [5.41, 5.74) is 6.52. The molecule has 2 aliphatic rings. The lowest BCUT2D eigenvalue weighted by Crippen LogP contribution is -2.66. The Hall–Kier alpha value is -2.93. The number of hydrogen-bond acceptors (Lipinski definition) is 6. The van der Waals surface area contributed by atoms with Crippen molar-refractivity contribution in [3.63, 3.8) is 0 Å². The van der Waals surface area contributed by atoms with Crippen LogP contribution < -0.4 is 10.2 Å². The first-order valence-corrected chi connectivity index (χ1v) is 9.15. The molecule has 0 unspecified atom stereocenters. The summed E-state index contributed by atoms with van der Waals surface area (Å²) in [5, 5.41) is 11.9. The van der Waals surface area contributed by atoms with E-state index in [4.69, 9.17) is 4.74 Å². The quantitative estimate of drug-likeness (QED) is 0.769. The van der Waals surface area contributed by atoms with E-state index in [1.807, 2.05) is 30.3 Å². The highest BCUT2D eigenvalue weighted by molar-refractivity contribution is 5.65. The molecule has 7 heteroatoms. The molecule has 0 saturated carbocycles. The molecule has 27 heavy (non-hydrogen) atoms. The minimum Gasteiger partial charge on any atom is -0.388 e. The highest BCUT2D eigenvalue weighted by Gasteiger charge is 2.49. The Kier molecular flexibility index (Phi) is 3.65. The molecule has 1 spiro atoms. The molecule has 0 bridgehead atoms. The number of nitrogens with one attached hydrogen (secondary N) is 1. The number of hydrogen-bond donors (Lipinski definition) is 1. The van der Waals surface area contributed by atoms with Gasteiger partial charge < -0.3 is 15.0 Å². The van der Waals surface area contributed by atoms with Crippen LogP contribution in [0.4, 0.5) is 11.4 Å². The van der Waals surface area contributed by atoms with E-state index >= 15 is 0 Å². The van der Waals surface area contributed by atoms with Gasteiger partial charge in [-0.25, -0.2) is 4.68 Å². The van der Waals surface area contributed by atoms with E-state index in [0.717, 1.165) is 60.2 Å². The van der Waals surface area contributed by atoms with Gasteiger partial charge in [0.1, 0.15) is 5.69 Å². The van der Waals surface area contributed by atoms with E-state index in [9.17, 15) is 0 Å². The summed E-state index contributed by atoms with van der Waals surface area (Å²) in [7, 11) is 1.91. The van der Waals surface area contributed by atoms with Crippen LogP contribution in [0.15, 0.2) is 42.9 Å². The normalized spacial score (nSPS) is 17.5. The monoisotopic (exact) mass is 362 g/mol. The molecule has 5 rings (SSSR count). The topological polar surface area (TPSA) is 68.1 Å². The molecule has 0 atom stereocenters. The summed E-state index contributed by atoms with van der Waals surface area (Å²) in [6.07, 6.45) is 5.72. The average molecular weight is 362 g/mol. The summed E-state index contributed by atoms with van der Waals surface area (Å²) >= 11 is 0. The molecule has 138 valence electrons. The fourth-order valence-corrected chi connectivity index (χ4v) is 3.79. The minimum atomic E-state index is 0.384. The molecule has 2 aliphatic heterocycles. The SMILES string of the molecule is CNc1ccc(C)c(-n2cc(-c3cncc(N4CC5(COC5)C4)c3)nn2)c1. The summed E-state index contributed by atoms with van der Waals surface area (Å²) < 4.78 is 7.18. The Balaban J connectivity index is 1.41. The maximum atomic E-state index is 5.36. The van der Waals surface area contributed by atoms with Crippen LogP contribution in [-0.2, 0) is 4.74 Å². The maximum absolute atomic E-state index is 5.36. The van der Waals surface area contributed by atoms with Crippen LogP contribution >= 0.6 is 0 Å². The molecule has 0 aliphatic carbocycles. The number of anilines is 2.